The second-order valence-electron chi connectivity index (χ2n) is 9.04. The second kappa shape index (κ2) is 12.4. The fourth-order valence-electron chi connectivity index (χ4n) is 4.15. The number of aryl methyl sites for hydroxylation is 1. The number of nitrogens with one attached hydrogen (secondary N) is 1. The number of carbonyl (C=O) groups excluding carboxylic acids is 1. The van der Waals surface area contributed by atoms with Gasteiger partial charge in [0.25, 0.3) is 5.69 Å². The number of hydrogen-bond acceptors (Lipinski definition) is 13. The summed E-state index contributed by atoms with van der Waals surface area (Å²) in [6.07, 6.45) is 1.60. The van der Waals surface area contributed by atoms with Gasteiger partial charge in [-0.05, 0) is 48.9 Å². The van der Waals surface area contributed by atoms with Crippen molar-refractivity contribution in [3.63, 3.8) is 0 Å². The summed E-state index contributed by atoms with van der Waals surface area (Å²) in [5.41, 5.74) is 4.19. The second-order valence-corrected chi connectivity index (χ2v) is 9.04. The molecule has 0 atom stereocenters. The minimum atomic E-state index is -0.608. The summed E-state index contributed by atoms with van der Waals surface area (Å²) < 4.78 is 16.3. The van der Waals surface area contributed by atoms with E-state index in [0.717, 1.165) is 5.56 Å². The van der Waals surface area contributed by atoms with Crippen LogP contribution in [0, 0.1) is 17.0 Å². The number of anilines is 3. The number of carbonyl (C=O) groups is 1. The molecule has 2 fully saturated rings. The largest absolute Gasteiger partial charge is 0.423 e. The molecule has 40 heavy (non-hydrogen) atoms. The highest BCUT2D eigenvalue weighted by Gasteiger charge is 2.21. The number of ether oxygens (including phenoxy) is 3. The van der Waals surface area contributed by atoms with Crippen LogP contribution in [0.3, 0.4) is 0 Å². The molecule has 0 saturated carbocycles. The van der Waals surface area contributed by atoms with Crippen molar-refractivity contribution in [2.45, 2.75) is 6.92 Å². The van der Waals surface area contributed by atoms with E-state index in [0.29, 0.717) is 81.8 Å². The molecule has 0 unspecified atom stereocenters. The number of esters is 1. The molecule has 14 nitrogen and oxygen atoms in total. The van der Waals surface area contributed by atoms with Crippen molar-refractivity contribution < 1.29 is 23.9 Å². The van der Waals surface area contributed by atoms with Gasteiger partial charge in [-0.2, -0.15) is 20.1 Å². The Bertz CT molecular complexity index is 1350. The van der Waals surface area contributed by atoms with Gasteiger partial charge < -0.3 is 24.0 Å². The van der Waals surface area contributed by atoms with Crippen LogP contribution >= 0.6 is 0 Å². The van der Waals surface area contributed by atoms with Crippen LogP contribution in [0.15, 0.2) is 47.6 Å². The SMILES string of the molecule is Cc1cc(C(=O)Oc2ccc(C=NNc3nc(N4CCOCC4)nc(N4CCOCC4)n3)cc2)ccc1[N+](=O)[O-]. The third-order valence-electron chi connectivity index (χ3n) is 6.30. The maximum atomic E-state index is 12.5. The lowest BCUT2D eigenvalue weighted by Gasteiger charge is -2.30. The van der Waals surface area contributed by atoms with Gasteiger partial charge in [0.05, 0.1) is 43.1 Å². The normalized spacial score (nSPS) is 15.7. The molecule has 0 aliphatic carbocycles. The minimum absolute atomic E-state index is 0.0550. The fourth-order valence-corrected chi connectivity index (χ4v) is 4.15. The van der Waals surface area contributed by atoms with Crippen LogP contribution in [0.2, 0.25) is 0 Å². The van der Waals surface area contributed by atoms with E-state index in [2.05, 4.69) is 35.3 Å². The zero-order chi connectivity index (χ0) is 27.9. The highest BCUT2D eigenvalue weighted by molar-refractivity contribution is 5.91. The van der Waals surface area contributed by atoms with Crippen LogP contribution in [-0.2, 0) is 9.47 Å². The Labute approximate surface area is 229 Å². The summed E-state index contributed by atoms with van der Waals surface area (Å²) in [5.74, 6) is 1.16. The third-order valence-corrected chi connectivity index (χ3v) is 6.30. The molecular weight excluding hydrogens is 520 g/mol. The van der Waals surface area contributed by atoms with Gasteiger partial charge in [-0.15, -0.1) is 0 Å². The summed E-state index contributed by atoms with van der Waals surface area (Å²) in [4.78, 5) is 40.9. The average molecular weight is 549 g/mol. The molecule has 14 heteroatoms. The van der Waals surface area contributed by atoms with Gasteiger partial charge in [0, 0.05) is 37.8 Å². The molecule has 1 aromatic heterocycles. The Kier molecular flexibility index (Phi) is 8.37. The third kappa shape index (κ3) is 6.65. The summed E-state index contributed by atoms with van der Waals surface area (Å²) in [5, 5.41) is 15.3. The van der Waals surface area contributed by atoms with Crippen molar-refractivity contribution in [2.24, 2.45) is 5.10 Å². The molecule has 2 aliphatic heterocycles. The van der Waals surface area contributed by atoms with Crippen molar-refractivity contribution in [1.82, 2.24) is 15.0 Å². The molecule has 2 saturated heterocycles. The van der Waals surface area contributed by atoms with Crippen molar-refractivity contribution in [2.75, 3.05) is 67.8 Å². The molecule has 3 aromatic rings. The summed E-state index contributed by atoms with van der Waals surface area (Å²) >= 11 is 0. The number of hydrogen-bond donors (Lipinski definition) is 1. The highest BCUT2D eigenvalue weighted by Crippen LogP contribution is 2.21. The zero-order valence-corrected chi connectivity index (χ0v) is 21.9. The van der Waals surface area contributed by atoms with E-state index in [1.54, 1.807) is 37.4 Å². The Morgan fingerprint density at radius 3 is 2.12 bits per heavy atom. The van der Waals surface area contributed by atoms with Crippen molar-refractivity contribution in [1.29, 1.82) is 0 Å². The van der Waals surface area contributed by atoms with Crippen molar-refractivity contribution >= 4 is 35.7 Å². The van der Waals surface area contributed by atoms with Crippen LogP contribution in [0.1, 0.15) is 21.5 Å². The first-order valence-electron chi connectivity index (χ1n) is 12.7. The zero-order valence-electron chi connectivity index (χ0n) is 21.9. The number of nitro benzene ring substituents is 1. The Morgan fingerprint density at radius 1 is 0.975 bits per heavy atom. The predicted octanol–water partition coefficient (Wildman–Crippen LogP) is 2.43. The predicted molar refractivity (Wildman–Crippen MR) is 146 cm³/mol. The number of benzene rings is 2. The lowest BCUT2D eigenvalue weighted by atomic mass is 10.1. The fraction of sp³-hybridized carbons (Fsp3) is 0.346. The molecule has 3 heterocycles. The van der Waals surface area contributed by atoms with Gasteiger partial charge in [-0.3, -0.25) is 10.1 Å². The number of nitro groups is 1. The van der Waals surface area contributed by atoms with Crippen LogP contribution in [0.4, 0.5) is 23.5 Å². The molecule has 0 amide bonds. The summed E-state index contributed by atoms with van der Waals surface area (Å²) in [6, 6.07) is 10.8. The van der Waals surface area contributed by atoms with E-state index in [1.165, 1.54) is 18.2 Å². The summed E-state index contributed by atoms with van der Waals surface area (Å²) in [6.45, 7) is 6.77. The Balaban J connectivity index is 1.24. The smallest absolute Gasteiger partial charge is 0.343 e. The monoisotopic (exact) mass is 548 g/mol. The lowest BCUT2D eigenvalue weighted by Crippen LogP contribution is -2.40. The van der Waals surface area contributed by atoms with E-state index in [9.17, 15) is 14.9 Å². The van der Waals surface area contributed by atoms with Crippen molar-refractivity contribution in [3.8, 4) is 5.75 Å². The summed E-state index contributed by atoms with van der Waals surface area (Å²) in [7, 11) is 0. The number of aromatic nitrogens is 3. The van der Waals surface area contributed by atoms with E-state index in [4.69, 9.17) is 14.2 Å². The van der Waals surface area contributed by atoms with Gasteiger partial charge in [0.1, 0.15) is 5.75 Å². The maximum Gasteiger partial charge on any atom is 0.343 e. The Hall–Kier alpha value is -4.69. The quantitative estimate of drug-likeness (QED) is 0.144. The minimum Gasteiger partial charge on any atom is -0.423 e. The van der Waals surface area contributed by atoms with E-state index in [1.807, 2.05) is 0 Å². The van der Waals surface area contributed by atoms with E-state index < -0.39 is 10.9 Å². The number of hydrazone groups is 1. The van der Waals surface area contributed by atoms with Gasteiger partial charge in [-0.25, -0.2) is 10.2 Å². The first-order chi connectivity index (χ1) is 19.5. The number of nitrogens with zero attached hydrogens (tertiary/aromatic N) is 7. The molecule has 0 spiro atoms. The lowest BCUT2D eigenvalue weighted by molar-refractivity contribution is -0.385. The molecule has 2 aromatic carbocycles. The highest BCUT2D eigenvalue weighted by atomic mass is 16.6. The standard InChI is InChI=1S/C26H28N8O6/c1-18-16-20(4-7-22(18)34(36)37)23(35)40-21-5-2-19(3-6-21)17-27-31-24-28-25(32-8-12-38-13-9-32)30-26(29-24)33-10-14-39-15-11-33/h2-7,16-17H,8-15H2,1H3,(H,28,29,30,31). The van der Waals surface area contributed by atoms with Crippen molar-refractivity contribution in [3.05, 3.63) is 69.3 Å². The van der Waals surface area contributed by atoms with Gasteiger partial charge in [-0.1, -0.05) is 0 Å². The average Bonchev–Trinajstić information content (AvgIpc) is 2.98. The van der Waals surface area contributed by atoms with E-state index in [-0.39, 0.29) is 11.3 Å². The van der Waals surface area contributed by atoms with Crippen LogP contribution < -0.4 is 20.0 Å². The maximum absolute atomic E-state index is 12.5. The van der Waals surface area contributed by atoms with Crippen LogP contribution in [-0.4, -0.2) is 84.7 Å². The molecule has 5 rings (SSSR count). The van der Waals surface area contributed by atoms with Gasteiger partial charge in [0.15, 0.2) is 0 Å². The molecule has 0 bridgehead atoms. The molecule has 0 radical (unpaired) electrons. The first-order valence-corrected chi connectivity index (χ1v) is 12.7. The van der Waals surface area contributed by atoms with Crippen LogP contribution in [0.25, 0.3) is 0 Å². The number of rotatable bonds is 8. The number of morpholine rings is 2. The van der Waals surface area contributed by atoms with Crippen LogP contribution in [0.5, 0.6) is 5.75 Å². The van der Waals surface area contributed by atoms with E-state index >= 15 is 0 Å². The van der Waals surface area contributed by atoms with Gasteiger partial charge >= 0.3 is 5.97 Å². The van der Waals surface area contributed by atoms with Gasteiger partial charge in [0.2, 0.25) is 17.8 Å². The topological polar surface area (TPSA) is 157 Å². The molecular formula is C26H28N8O6. The molecule has 1 N–H and O–H groups in total. The molecule has 208 valence electrons. The Morgan fingerprint density at radius 2 is 1.57 bits per heavy atom. The first kappa shape index (κ1) is 26.9. The molecule has 2 aliphatic rings.